The number of Topliss-reactive ketones (excluding diaryl/α,β-unsaturated/α-hetero) is 1. The third-order valence-corrected chi connectivity index (χ3v) is 7.79. The number of thiophene rings is 1. The second kappa shape index (κ2) is 10.2. The van der Waals surface area contributed by atoms with Crippen LogP contribution in [0, 0.1) is 0 Å². The van der Waals surface area contributed by atoms with Crippen molar-refractivity contribution in [2.75, 3.05) is 19.6 Å². The van der Waals surface area contributed by atoms with Gasteiger partial charge in [0.1, 0.15) is 5.75 Å². The smallest absolute Gasteiger partial charge is 0.206 e. The van der Waals surface area contributed by atoms with Crippen molar-refractivity contribution in [3.8, 4) is 5.75 Å². The van der Waals surface area contributed by atoms with Crippen molar-refractivity contribution in [2.24, 2.45) is 4.99 Å². The number of rotatable bonds is 9. The zero-order valence-corrected chi connectivity index (χ0v) is 21.0. The molecule has 3 aromatic rings. The van der Waals surface area contributed by atoms with Crippen LogP contribution in [0.2, 0.25) is 10.0 Å². The van der Waals surface area contributed by atoms with Crippen LogP contribution in [-0.4, -0.2) is 48.4 Å². The maximum atomic E-state index is 12.9. The van der Waals surface area contributed by atoms with Gasteiger partial charge >= 0.3 is 0 Å². The second-order valence-corrected chi connectivity index (χ2v) is 10.9. The minimum atomic E-state index is -0.707. The van der Waals surface area contributed by atoms with Crippen LogP contribution in [0.15, 0.2) is 47.5 Å². The van der Waals surface area contributed by atoms with Crippen molar-refractivity contribution in [1.82, 2.24) is 4.90 Å². The lowest BCUT2D eigenvalue weighted by Gasteiger charge is -2.23. The normalized spacial score (nSPS) is 17.9. The zero-order valence-electron chi connectivity index (χ0n) is 18.6. The highest BCUT2D eigenvalue weighted by Crippen LogP contribution is 2.33. The van der Waals surface area contributed by atoms with Crippen LogP contribution >= 0.6 is 34.5 Å². The molecule has 2 aliphatic rings. The van der Waals surface area contributed by atoms with Crippen molar-refractivity contribution in [1.29, 1.82) is 0 Å². The van der Waals surface area contributed by atoms with E-state index in [4.69, 9.17) is 27.9 Å². The molecule has 0 amide bonds. The third-order valence-electron chi connectivity index (χ3n) is 6.15. The molecule has 0 spiro atoms. The van der Waals surface area contributed by atoms with Gasteiger partial charge in [-0.3, -0.25) is 9.79 Å². The molecule has 1 unspecified atom stereocenters. The Morgan fingerprint density at radius 1 is 1.15 bits per heavy atom. The van der Waals surface area contributed by atoms with Gasteiger partial charge in [-0.15, -0.1) is 11.3 Å². The Morgan fingerprint density at radius 3 is 2.68 bits per heavy atom. The minimum absolute atomic E-state index is 0.273. The molecule has 1 aromatic heterocycles. The van der Waals surface area contributed by atoms with Crippen molar-refractivity contribution in [3.63, 3.8) is 0 Å². The predicted octanol–water partition coefficient (Wildman–Crippen LogP) is 5.40. The Balaban J connectivity index is 1.35. The SMILES string of the molecule is O=C(C([O-])=NC(Cc1ccc(OC2CC2)c(Cl)c1)CN1CCCC1)c1cc2cc(Cl)ccc2s1. The van der Waals surface area contributed by atoms with E-state index in [-0.39, 0.29) is 12.1 Å². The van der Waals surface area contributed by atoms with Crippen molar-refractivity contribution >= 4 is 56.3 Å². The molecule has 1 saturated heterocycles. The molecule has 0 bridgehead atoms. The number of halogens is 2. The quantitative estimate of drug-likeness (QED) is 0.217. The molecule has 0 radical (unpaired) electrons. The first kappa shape index (κ1) is 23.6. The van der Waals surface area contributed by atoms with Gasteiger partial charge in [-0.2, -0.15) is 0 Å². The Morgan fingerprint density at radius 2 is 1.94 bits per heavy atom. The molecule has 1 atom stereocenters. The molecule has 34 heavy (non-hydrogen) atoms. The van der Waals surface area contributed by atoms with Gasteiger partial charge in [-0.25, -0.2) is 0 Å². The van der Waals surface area contributed by atoms with Crippen LogP contribution in [0.1, 0.15) is 40.9 Å². The first-order valence-electron chi connectivity index (χ1n) is 11.6. The number of carbonyl (C=O) groups is 1. The summed E-state index contributed by atoms with van der Waals surface area (Å²) in [6, 6.07) is 12.6. The number of benzene rings is 2. The largest absolute Gasteiger partial charge is 0.856 e. The molecule has 2 fully saturated rings. The summed E-state index contributed by atoms with van der Waals surface area (Å²) < 4.78 is 6.75. The molecule has 8 heteroatoms. The summed E-state index contributed by atoms with van der Waals surface area (Å²) in [7, 11) is 0. The minimum Gasteiger partial charge on any atom is -0.856 e. The maximum Gasteiger partial charge on any atom is 0.206 e. The summed E-state index contributed by atoms with van der Waals surface area (Å²) in [5.41, 5.74) is 0.970. The highest BCUT2D eigenvalue weighted by atomic mass is 35.5. The fourth-order valence-electron chi connectivity index (χ4n) is 4.27. The lowest BCUT2D eigenvalue weighted by molar-refractivity contribution is -0.212. The summed E-state index contributed by atoms with van der Waals surface area (Å²) >= 11 is 13.8. The molecule has 1 aliphatic carbocycles. The van der Waals surface area contributed by atoms with Gasteiger partial charge < -0.3 is 14.7 Å². The Kier molecular flexibility index (Phi) is 7.11. The first-order chi connectivity index (χ1) is 16.4. The van der Waals surface area contributed by atoms with Gasteiger partial charge in [-0.1, -0.05) is 29.3 Å². The lowest BCUT2D eigenvalue weighted by Crippen LogP contribution is -2.35. The number of carbonyl (C=O) groups excluding carboxylic acids is 1. The monoisotopic (exact) mass is 515 g/mol. The van der Waals surface area contributed by atoms with Gasteiger partial charge in [0, 0.05) is 22.2 Å². The molecule has 0 N–H and O–H groups in total. The molecule has 5 nitrogen and oxygen atoms in total. The van der Waals surface area contributed by atoms with Gasteiger partial charge in [-0.05, 0) is 92.5 Å². The van der Waals surface area contributed by atoms with Crippen LogP contribution in [0.3, 0.4) is 0 Å². The van der Waals surface area contributed by atoms with Crippen LogP contribution in [-0.2, 0) is 6.42 Å². The molecule has 2 heterocycles. The molecule has 1 saturated carbocycles. The van der Waals surface area contributed by atoms with E-state index < -0.39 is 11.7 Å². The van der Waals surface area contributed by atoms with Crippen molar-refractivity contribution in [3.05, 3.63) is 63.0 Å². The predicted molar refractivity (Wildman–Crippen MR) is 137 cm³/mol. The molecule has 2 aromatic carbocycles. The van der Waals surface area contributed by atoms with E-state index in [0.717, 1.165) is 54.4 Å². The fourth-order valence-corrected chi connectivity index (χ4v) is 5.68. The Bertz CT molecular complexity index is 1230. The number of hydrogen-bond donors (Lipinski definition) is 0. The van der Waals surface area contributed by atoms with E-state index in [1.165, 1.54) is 11.3 Å². The average molecular weight is 516 g/mol. The van der Waals surface area contributed by atoms with E-state index in [0.29, 0.717) is 33.6 Å². The van der Waals surface area contributed by atoms with E-state index in [2.05, 4.69) is 9.89 Å². The van der Waals surface area contributed by atoms with Crippen molar-refractivity contribution in [2.45, 2.75) is 44.2 Å². The standard InChI is InChI=1S/C26H26Cl2N2O3S/c27-18-4-8-23-17(13-18)14-24(34-23)25(31)26(32)29-19(15-30-9-1-2-10-30)11-16-3-7-22(21(28)12-16)33-20-5-6-20/h3-4,7-8,12-14,19-20H,1-2,5-6,9-11,15H2,(H,29,32)/p-1. The highest BCUT2D eigenvalue weighted by Gasteiger charge is 2.25. The molecule has 178 valence electrons. The summed E-state index contributed by atoms with van der Waals surface area (Å²) in [4.78, 5) is 20.0. The zero-order chi connectivity index (χ0) is 23.7. The van der Waals surface area contributed by atoms with Gasteiger partial charge in [0.2, 0.25) is 5.78 Å². The number of ether oxygens (including phenoxy) is 1. The van der Waals surface area contributed by atoms with Crippen LogP contribution in [0.4, 0.5) is 0 Å². The van der Waals surface area contributed by atoms with Gasteiger partial charge in [0.25, 0.3) is 0 Å². The number of likely N-dealkylation sites (tertiary alicyclic amines) is 1. The summed E-state index contributed by atoms with van der Waals surface area (Å²) in [6.45, 7) is 2.61. The number of nitrogens with zero attached hydrogens (tertiary/aromatic N) is 2. The second-order valence-electron chi connectivity index (χ2n) is 9.00. The average Bonchev–Trinajstić information content (AvgIpc) is 3.29. The number of ketones is 1. The van der Waals surface area contributed by atoms with Crippen LogP contribution in [0.5, 0.6) is 5.75 Å². The summed E-state index contributed by atoms with van der Waals surface area (Å²) in [5.74, 6) is -0.589. The van der Waals surface area contributed by atoms with E-state index in [9.17, 15) is 9.90 Å². The first-order valence-corrected chi connectivity index (χ1v) is 13.2. The van der Waals surface area contributed by atoms with Crippen LogP contribution < -0.4 is 9.84 Å². The third kappa shape index (κ3) is 5.74. The summed E-state index contributed by atoms with van der Waals surface area (Å²) in [5, 5.41) is 14.9. The molecular formula is C26H25Cl2N2O3S-. The summed E-state index contributed by atoms with van der Waals surface area (Å²) in [6.07, 6.45) is 5.22. The van der Waals surface area contributed by atoms with Gasteiger partial charge in [0.15, 0.2) is 0 Å². The topological polar surface area (TPSA) is 65.0 Å². The number of hydrogen-bond acceptors (Lipinski definition) is 6. The number of fused-ring (bicyclic) bond motifs is 1. The van der Waals surface area contributed by atoms with Crippen molar-refractivity contribution < 1.29 is 14.6 Å². The van der Waals surface area contributed by atoms with E-state index in [1.54, 1.807) is 18.2 Å². The number of aliphatic imine (C=N–C) groups is 1. The maximum absolute atomic E-state index is 12.9. The Hall–Kier alpha value is -2.12. The fraction of sp³-hybridized carbons (Fsp3) is 0.385. The Labute approximate surface area is 213 Å². The van der Waals surface area contributed by atoms with Crippen LogP contribution in [0.25, 0.3) is 10.1 Å². The van der Waals surface area contributed by atoms with E-state index in [1.807, 2.05) is 24.3 Å². The van der Waals surface area contributed by atoms with Gasteiger partial charge in [0.05, 0.1) is 22.0 Å². The van der Waals surface area contributed by atoms with E-state index >= 15 is 0 Å². The molecule has 5 rings (SSSR count). The lowest BCUT2D eigenvalue weighted by atomic mass is 10.1. The molecular weight excluding hydrogens is 491 g/mol. The highest BCUT2D eigenvalue weighted by molar-refractivity contribution is 7.21. The molecule has 1 aliphatic heterocycles.